The molecule has 0 aliphatic carbocycles. The number of benzene rings is 1. The Kier molecular flexibility index (Phi) is 5.59. The van der Waals surface area contributed by atoms with Gasteiger partial charge in [-0.25, -0.2) is 14.6 Å². The summed E-state index contributed by atoms with van der Waals surface area (Å²) < 4.78 is 7.25. The topological polar surface area (TPSA) is 161 Å². The smallest absolute Gasteiger partial charge is 0.263 e. The normalized spacial score (nSPS) is 19.0. The summed E-state index contributed by atoms with van der Waals surface area (Å²) in [7, 11) is 0. The number of nitrogens with zero attached hydrogens (tertiary/aromatic N) is 6. The van der Waals surface area contributed by atoms with Gasteiger partial charge in [0, 0.05) is 35.7 Å². The van der Waals surface area contributed by atoms with Crippen molar-refractivity contribution in [3.8, 4) is 5.69 Å². The van der Waals surface area contributed by atoms with Gasteiger partial charge in [-0.05, 0) is 37.3 Å². The fourth-order valence-corrected chi connectivity index (χ4v) is 3.91. The highest BCUT2D eigenvalue weighted by Crippen LogP contribution is 2.28. The number of ether oxygens (including phenoxy) is 1. The number of pyridine rings is 1. The maximum atomic E-state index is 13.4. The first-order valence-electron chi connectivity index (χ1n) is 10.8. The third-order valence-electron chi connectivity index (χ3n) is 5.87. The number of anilines is 3. The summed E-state index contributed by atoms with van der Waals surface area (Å²) in [5.41, 5.74) is 5.70. The van der Waals surface area contributed by atoms with E-state index < -0.39 is 23.5 Å². The second kappa shape index (κ2) is 8.74. The molecule has 4 N–H and O–H groups in total. The fraction of sp³-hybridized carbons (Fsp3) is 0.217. The van der Waals surface area contributed by atoms with Gasteiger partial charge in [0.1, 0.15) is 12.1 Å². The van der Waals surface area contributed by atoms with Crippen LogP contribution in [0, 0.1) is 0 Å². The van der Waals surface area contributed by atoms with E-state index in [-0.39, 0.29) is 13.2 Å². The first kappa shape index (κ1) is 22.4. The third-order valence-corrected chi connectivity index (χ3v) is 5.87. The van der Waals surface area contributed by atoms with Crippen LogP contribution in [0.3, 0.4) is 0 Å². The van der Waals surface area contributed by atoms with E-state index in [1.807, 2.05) is 0 Å². The zero-order valence-electron chi connectivity index (χ0n) is 18.7. The van der Waals surface area contributed by atoms with Crippen molar-refractivity contribution in [1.29, 1.82) is 0 Å². The van der Waals surface area contributed by atoms with Crippen molar-refractivity contribution in [3.05, 3.63) is 61.3 Å². The molecule has 0 radical (unpaired) electrons. The van der Waals surface area contributed by atoms with Crippen LogP contribution in [-0.2, 0) is 14.3 Å². The molecule has 1 aliphatic rings. The molecule has 1 aromatic carbocycles. The molecule has 2 amide bonds. The lowest BCUT2D eigenvalue weighted by molar-refractivity contribution is -0.170. The molecule has 3 aromatic heterocycles. The van der Waals surface area contributed by atoms with E-state index in [4.69, 9.17) is 10.5 Å². The van der Waals surface area contributed by atoms with E-state index >= 15 is 0 Å². The van der Waals surface area contributed by atoms with E-state index in [0.717, 1.165) is 5.69 Å². The second-order valence-corrected chi connectivity index (χ2v) is 8.12. The average molecular weight is 474 g/mol. The minimum Gasteiger partial charge on any atom is -0.383 e. The van der Waals surface area contributed by atoms with E-state index in [2.05, 4.69) is 25.4 Å². The van der Waals surface area contributed by atoms with Crippen LogP contribution in [0.15, 0.2) is 61.3 Å². The quantitative estimate of drug-likeness (QED) is 0.382. The highest BCUT2D eigenvalue weighted by Gasteiger charge is 2.51. The van der Waals surface area contributed by atoms with Gasteiger partial charge in [0.2, 0.25) is 0 Å². The number of hydrogen-bond donors (Lipinski definition) is 3. The zero-order chi connectivity index (χ0) is 24.6. The number of nitrogen functional groups attached to an aromatic ring is 1. The number of aliphatic hydroxyl groups is 1. The Morgan fingerprint density at radius 2 is 2.03 bits per heavy atom. The SMILES string of the molecule is CC1(C(O)C(=O)Nc2ccc3c(N)ncnc3c2)OCCN(c2ccn(-c3ccncc3)n2)C1=O. The molecule has 5 rings (SSSR count). The lowest BCUT2D eigenvalue weighted by Gasteiger charge is -2.40. The zero-order valence-corrected chi connectivity index (χ0v) is 18.7. The van der Waals surface area contributed by atoms with E-state index in [1.54, 1.807) is 59.7 Å². The lowest BCUT2D eigenvalue weighted by atomic mass is 9.94. The van der Waals surface area contributed by atoms with Crippen molar-refractivity contribution >= 4 is 40.0 Å². The maximum Gasteiger partial charge on any atom is 0.263 e. The van der Waals surface area contributed by atoms with Crippen LogP contribution in [0.4, 0.5) is 17.3 Å². The van der Waals surface area contributed by atoms with Gasteiger partial charge in [-0.3, -0.25) is 19.5 Å². The predicted molar refractivity (Wildman–Crippen MR) is 127 cm³/mol. The van der Waals surface area contributed by atoms with Gasteiger partial charge in [0.05, 0.1) is 24.4 Å². The monoisotopic (exact) mass is 474 g/mol. The van der Waals surface area contributed by atoms with Crippen molar-refractivity contribution < 1.29 is 19.4 Å². The Morgan fingerprint density at radius 3 is 2.83 bits per heavy atom. The molecule has 12 heteroatoms. The number of carbonyl (C=O) groups is 2. The summed E-state index contributed by atoms with van der Waals surface area (Å²) in [6.07, 6.45) is 4.52. The first-order chi connectivity index (χ1) is 16.9. The molecule has 1 fully saturated rings. The van der Waals surface area contributed by atoms with Crippen molar-refractivity contribution in [3.63, 3.8) is 0 Å². The number of morpholine rings is 1. The predicted octanol–water partition coefficient (Wildman–Crippen LogP) is 0.914. The number of amides is 2. The molecule has 4 aromatic rings. The largest absolute Gasteiger partial charge is 0.383 e. The summed E-state index contributed by atoms with van der Waals surface area (Å²) in [5, 5.41) is 18.6. The molecule has 0 saturated carbocycles. The number of aromatic nitrogens is 5. The Morgan fingerprint density at radius 1 is 1.23 bits per heavy atom. The van der Waals surface area contributed by atoms with Gasteiger partial charge in [0.15, 0.2) is 17.5 Å². The summed E-state index contributed by atoms with van der Waals surface area (Å²) >= 11 is 0. The third kappa shape index (κ3) is 4.05. The van der Waals surface area contributed by atoms with Crippen molar-refractivity contribution in [2.75, 3.05) is 29.1 Å². The van der Waals surface area contributed by atoms with Gasteiger partial charge in [-0.1, -0.05) is 0 Å². The van der Waals surface area contributed by atoms with Crippen molar-refractivity contribution in [2.45, 2.75) is 18.6 Å². The summed E-state index contributed by atoms with van der Waals surface area (Å²) in [4.78, 5) is 39.7. The minimum atomic E-state index is -1.81. The average Bonchev–Trinajstić information content (AvgIpc) is 3.36. The van der Waals surface area contributed by atoms with Crippen LogP contribution in [0.1, 0.15) is 6.92 Å². The molecule has 35 heavy (non-hydrogen) atoms. The van der Waals surface area contributed by atoms with Crippen LogP contribution in [0.5, 0.6) is 0 Å². The number of aliphatic hydroxyl groups excluding tert-OH is 1. The number of nitrogens with one attached hydrogen (secondary N) is 1. The Balaban J connectivity index is 1.34. The van der Waals surface area contributed by atoms with Crippen LogP contribution < -0.4 is 16.0 Å². The van der Waals surface area contributed by atoms with E-state index in [0.29, 0.717) is 28.2 Å². The number of rotatable bonds is 5. The molecule has 12 nitrogen and oxygen atoms in total. The highest BCUT2D eigenvalue weighted by atomic mass is 16.5. The molecular formula is C23H22N8O4. The number of fused-ring (bicyclic) bond motifs is 1. The highest BCUT2D eigenvalue weighted by molar-refractivity contribution is 6.06. The van der Waals surface area contributed by atoms with Crippen LogP contribution >= 0.6 is 0 Å². The standard InChI is InChI=1S/C23H22N8O4/c1-23(19(32)21(33)28-14-2-3-16-17(12-14)26-13-27-20(16)24)22(34)30(10-11-35-23)18-6-9-31(29-18)15-4-7-25-8-5-15/h2-9,12-13,19,32H,10-11H2,1H3,(H,28,33)(H2,24,26,27). The van der Waals surface area contributed by atoms with Gasteiger partial charge < -0.3 is 20.9 Å². The molecule has 0 spiro atoms. The van der Waals surface area contributed by atoms with E-state index in [1.165, 1.54) is 18.2 Å². The number of carbonyl (C=O) groups excluding carboxylic acids is 2. The molecule has 4 heterocycles. The van der Waals surface area contributed by atoms with Crippen LogP contribution in [-0.4, -0.2) is 66.5 Å². The summed E-state index contributed by atoms with van der Waals surface area (Å²) in [5.74, 6) is -0.689. The van der Waals surface area contributed by atoms with Gasteiger partial charge in [0.25, 0.3) is 11.8 Å². The Hall–Kier alpha value is -4.42. The molecule has 2 unspecified atom stereocenters. The minimum absolute atomic E-state index is 0.112. The lowest BCUT2D eigenvalue weighted by Crippen LogP contribution is -2.63. The van der Waals surface area contributed by atoms with Gasteiger partial charge in [-0.15, -0.1) is 5.10 Å². The number of hydrogen-bond acceptors (Lipinski definition) is 9. The molecule has 1 aliphatic heterocycles. The summed E-state index contributed by atoms with van der Waals surface area (Å²) in [6.45, 7) is 1.72. The Labute approximate surface area is 199 Å². The van der Waals surface area contributed by atoms with Gasteiger partial charge in [-0.2, -0.15) is 0 Å². The Bertz CT molecular complexity index is 1410. The molecule has 178 valence electrons. The first-order valence-corrected chi connectivity index (χ1v) is 10.8. The van der Waals surface area contributed by atoms with Crippen molar-refractivity contribution in [1.82, 2.24) is 24.7 Å². The maximum absolute atomic E-state index is 13.4. The molecule has 0 bridgehead atoms. The van der Waals surface area contributed by atoms with Gasteiger partial charge >= 0.3 is 0 Å². The molecule has 2 atom stereocenters. The fourth-order valence-electron chi connectivity index (χ4n) is 3.91. The van der Waals surface area contributed by atoms with Crippen LogP contribution in [0.25, 0.3) is 16.6 Å². The second-order valence-electron chi connectivity index (χ2n) is 8.12. The van der Waals surface area contributed by atoms with Crippen molar-refractivity contribution in [2.24, 2.45) is 0 Å². The molecular weight excluding hydrogens is 452 g/mol. The van der Waals surface area contributed by atoms with E-state index in [9.17, 15) is 14.7 Å². The number of nitrogens with two attached hydrogens (primary N) is 1. The van der Waals surface area contributed by atoms with Crippen LogP contribution in [0.2, 0.25) is 0 Å². The molecule has 1 saturated heterocycles. The summed E-state index contributed by atoms with van der Waals surface area (Å²) in [6, 6.07) is 10.1.